The van der Waals surface area contributed by atoms with Crippen molar-refractivity contribution in [3.05, 3.63) is 40.3 Å². The van der Waals surface area contributed by atoms with Gasteiger partial charge in [0.2, 0.25) is 5.91 Å². The second-order valence-corrected chi connectivity index (χ2v) is 11.7. The fraction of sp³-hybridized carbons (Fsp3) is 0.435. The lowest BCUT2D eigenvalue weighted by molar-refractivity contribution is -0.113. The summed E-state index contributed by atoms with van der Waals surface area (Å²) < 4.78 is 2.02. The molecule has 30 heavy (non-hydrogen) atoms. The maximum atomic E-state index is 12.6. The minimum Gasteiger partial charge on any atom is -0.316 e. The normalized spacial score (nSPS) is 16.3. The number of thiophene rings is 1. The Bertz CT molecular complexity index is 1090. The predicted molar refractivity (Wildman–Crippen MR) is 128 cm³/mol. The molecule has 7 heteroatoms. The zero-order chi connectivity index (χ0) is 21.3. The number of thioether (sulfide) groups is 1. The van der Waals surface area contributed by atoms with E-state index < -0.39 is 0 Å². The van der Waals surface area contributed by atoms with E-state index >= 15 is 0 Å². The molecule has 0 fully saturated rings. The SMILES string of the molecule is CCC(C)(C)[C@H]1CCc2c(sc(NC(=O)CSc3nc4ccccc4s3)c2C#N)C1. The quantitative estimate of drug-likeness (QED) is 0.431. The lowest BCUT2D eigenvalue weighted by Crippen LogP contribution is -2.28. The smallest absolute Gasteiger partial charge is 0.235 e. The Morgan fingerprint density at radius 2 is 2.17 bits per heavy atom. The summed E-state index contributed by atoms with van der Waals surface area (Å²) >= 11 is 4.64. The van der Waals surface area contributed by atoms with E-state index in [9.17, 15) is 10.1 Å². The minimum atomic E-state index is -0.0835. The summed E-state index contributed by atoms with van der Waals surface area (Å²) in [7, 11) is 0. The molecule has 156 valence electrons. The van der Waals surface area contributed by atoms with Crippen LogP contribution in [0.1, 0.15) is 49.6 Å². The van der Waals surface area contributed by atoms with E-state index in [-0.39, 0.29) is 5.91 Å². The number of rotatable bonds is 6. The summed E-state index contributed by atoms with van der Waals surface area (Å²) in [5.41, 5.74) is 3.08. The molecule has 3 aromatic rings. The Morgan fingerprint density at radius 1 is 1.37 bits per heavy atom. The molecule has 1 N–H and O–H groups in total. The van der Waals surface area contributed by atoms with Gasteiger partial charge >= 0.3 is 0 Å². The van der Waals surface area contributed by atoms with E-state index in [4.69, 9.17) is 0 Å². The Labute approximate surface area is 189 Å². The van der Waals surface area contributed by atoms with Crippen molar-refractivity contribution in [1.82, 2.24) is 4.98 Å². The molecule has 0 radical (unpaired) electrons. The first-order chi connectivity index (χ1) is 14.4. The van der Waals surface area contributed by atoms with E-state index in [0.29, 0.717) is 27.7 Å². The number of carbonyl (C=O) groups excluding carboxylic acids is 1. The maximum Gasteiger partial charge on any atom is 0.235 e. The van der Waals surface area contributed by atoms with Crippen LogP contribution in [0, 0.1) is 22.7 Å². The van der Waals surface area contributed by atoms with Crippen LogP contribution in [-0.2, 0) is 17.6 Å². The monoisotopic (exact) mass is 455 g/mol. The number of thiazole rings is 1. The van der Waals surface area contributed by atoms with Crippen molar-refractivity contribution in [2.24, 2.45) is 11.3 Å². The number of nitrogens with zero attached hydrogens (tertiary/aromatic N) is 2. The molecule has 1 aliphatic rings. The molecular formula is C23H25N3OS3. The Kier molecular flexibility index (Phi) is 6.19. The summed E-state index contributed by atoms with van der Waals surface area (Å²) in [5.74, 6) is 0.830. The lowest BCUT2D eigenvalue weighted by Gasteiger charge is -2.36. The Hall–Kier alpha value is -1.88. The van der Waals surface area contributed by atoms with E-state index in [0.717, 1.165) is 45.8 Å². The van der Waals surface area contributed by atoms with Gasteiger partial charge in [-0.25, -0.2) is 4.98 Å². The molecular weight excluding hydrogens is 430 g/mol. The number of aromatic nitrogens is 1. The molecule has 1 atom stereocenters. The molecule has 0 bridgehead atoms. The highest BCUT2D eigenvalue weighted by Gasteiger charge is 2.34. The van der Waals surface area contributed by atoms with Crippen LogP contribution in [0.3, 0.4) is 0 Å². The molecule has 1 aromatic carbocycles. The number of fused-ring (bicyclic) bond motifs is 2. The fourth-order valence-electron chi connectivity index (χ4n) is 3.95. The van der Waals surface area contributed by atoms with Crippen LogP contribution >= 0.6 is 34.4 Å². The van der Waals surface area contributed by atoms with E-state index in [1.165, 1.54) is 16.6 Å². The second kappa shape index (κ2) is 8.70. The van der Waals surface area contributed by atoms with Gasteiger partial charge in [-0.05, 0) is 48.3 Å². The van der Waals surface area contributed by atoms with Gasteiger partial charge in [-0.3, -0.25) is 4.79 Å². The summed E-state index contributed by atoms with van der Waals surface area (Å²) in [6.07, 6.45) is 4.20. The van der Waals surface area contributed by atoms with Gasteiger partial charge in [0.1, 0.15) is 11.1 Å². The van der Waals surface area contributed by atoms with Crippen LogP contribution < -0.4 is 5.32 Å². The van der Waals surface area contributed by atoms with E-state index in [2.05, 4.69) is 37.1 Å². The molecule has 2 heterocycles. The number of carbonyl (C=O) groups is 1. The summed E-state index contributed by atoms with van der Waals surface area (Å²) in [4.78, 5) is 18.4. The average molecular weight is 456 g/mol. The van der Waals surface area contributed by atoms with Crippen molar-refractivity contribution >= 4 is 55.6 Å². The first-order valence-corrected chi connectivity index (χ1v) is 12.9. The van der Waals surface area contributed by atoms with Crippen molar-refractivity contribution in [3.63, 3.8) is 0 Å². The van der Waals surface area contributed by atoms with Crippen molar-refractivity contribution in [2.75, 3.05) is 11.1 Å². The van der Waals surface area contributed by atoms with Crippen LogP contribution in [0.25, 0.3) is 10.2 Å². The zero-order valence-electron chi connectivity index (χ0n) is 17.4. The van der Waals surface area contributed by atoms with Crippen LogP contribution in [0.2, 0.25) is 0 Å². The summed E-state index contributed by atoms with van der Waals surface area (Å²) in [5, 5.41) is 13.4. The maximum absolute atomic E-state index is 12.6. The largest absolute Gasteiger partial charge is 0.316 e. The highest BCUT2D eigenvalue weighted by Crippen LogP contribution is 2.45. The van der Waals surface area contributed by atoms with Crippen molar-refractivity contribution in [1.29, 1.82) is 5.26 Å². The Morgan fingerprint density at radius 3 is 2.90 bits per heavy atom. The van der Waals surface area contributed by atoms with Crippen LogP contribution in [0.15, 0.2) is 28.6 Å². The van der Waals surface area contributed by atoms with Crippen LogP contribution in [0.4, 0.5) is 5.00 Å². The molecule has 0 spiro atoms. The van der Waals surface area contributed by atoms with E-state index in [1.807, 2.05) is 24.3 Å². The van der Waals surface area contributed by atoms with Gasteiger partial charge < -0.3 is 5.32 Å². The number of hydrogen-bond donors (Lipinski definition) is 1. The van der Waals surface area contributed by atoms with Gasteiger partial charge in [0, 0.05) is 4.88 Å². The van der Waals surface area contributed by atoms with Crippen molar-refractivity contribution < 1.29 is 4.79 Å². The molecule has 2 aromatic heterocycles. The first-order valence-electron chi connectivity index (χ1n) is 10.2. The second-order valence-electron chi connectivity index (χ2n) is 8.39. The number of amides is 1. The third-order valence-corrected chi connectivity index (χ3v) is 9.60. The van der Waals surface area contributed by atoms with Gasteiger partial charge in [-0.15, -0.1) is 22.7 Å². The first kappa shape index (κ1) is 21.4. The standard InChI is InChI=1S/C23H25N3OS3/c1-4-23(2,3)14-9-10-15-16(12-24)21(29-19(15)11-14)26-20(27)13-28-22-25-17-7-5-6-8-18(17)30-22/h5-8,14H,4,9-11,13H2,1-3H3,(H,26,27)/t14-/m0/s1. The zero-order valence-corrected chi connectivity index (χ0v) is 19.9. The fourth-order valence-corrected chi connectivity index (χ4v) is 7.11. The highest BCUT2D eigenvalue weighted by molar-refractivity contribution is 8.01. The topological polar surface area (TPSA) is 65.8 Å². The van der Waals surface area contributed by atoms with Crippen LogP contribution in [-0.4, -0.2) is 16.6 Å². The number of benzene rings is 1. The molecule has 0 saturated carbocycles. The van der Waals surface area contributed by atoms with Gasteiger partial charge in [0.15, 0.2) is 4.34 Å². The van der Waals surface area contributed by atoms with Gasteiger partial charge in [0.25, 0.3) is 0 Å². The number of para-hydroxylation sites is 1. The number of anilines is 1. The summed E-state index contributed by atoms with van der Waals surface area (Å²) in [6.45, 7) is 6.92. The number of hydrogen-bond acceptors (Lipinski definition) is 6. The highest BCUT2D eigenvalue weighted by atomic mass is 32.2. The molecule has 4 nitrogen and oxygen atoms in total. The Balaban J connectivity index is 1.44. The van der Waals surface area contributed by atoms with Gasteiger partial charge in [0.05, 0.1) is 21.5 Å². The average Bonchev–Trinajstić information content (AvgIpc) is 3.31. The third kappa shape index (κ3) is 4.27. The third-order valence-electron chi connectivity index (χ3n) is 6.25. The van der Waals surface area contributed by atoms with Gasteiger partial charge in [-0.1, -0.05) is 51.1 Å². The molecule has 0 unspecified atom stereocenters. The molecule has 1 amide bonds. The van der Waals surface area contributed by atoms with Gasteiger partial charge in [-0.2, -0.15) is 5.26 Å². The number of nitriles is 1. The van der Waals surface area contributed by atoms with Crippen molar-refractivity contribution in [3.8, 4) is 6.07 Å². The van der Waals surface area contributed by atoms with Crippen LogP contribution in [0.5, 0.6) is 0 Å². The predicted octanol–water partition coefficient (Wildman–Crippen LogP) is 6.50. The molecule has 0 saturated heterocycles. The molecule has 0 aliphatic heterocycles. The lowest BCUT2D eigenvalue weighted by atomic mass is 9.69. The van der Waals surface area contributed by atoms with E-state index in [1.54, 1.807) is 22.7 Å². The molecule has 4 rings (SSSR count). The summed E-state index contributed by atoms with van der Waals surface area (Å²) in [6, 6.07) is 10.3. The number of nitrogens with one attached hydrogen (secondary N) is 1. The van der Waals surface area contributed by atoms with Crippen molar-refractivity contribution in [2.45, 2.75) is 50.8 Å². The molecule has 1 aliphatic carbocycles. The minimum absolute atomic E-state index is 0.0835.